The van der Waals surface area contributed by atoms with Gasteiger partial charge in [0.25, 0.3) is 11.8 Å². The second-order valence-corrected chi connectivity index (χ2v) is 8.51. The van der Waals surface area contributed by atoms with E-state index in [1.807, 2.05) is 0 Å². The van der Waals surface area contributed by atoms with Crippen LogP contribution in [0.25, 0.3) is 0 Å². The second-order valence-electron chi connectivity index (χ2n) is 8.51. The van der Waals surface area contributed by atoms with Gasteiger partial charge < -0.3 is 10.6 Å². The van der Waals surface area contributed by atoms with Crippen molar-refractivity contribution in [2.75, 3.05) is 5.32 Å². The third-order valence-corrected chi connectivity index (χ3v) is 5.51. The number of rotatable bonds is 4. The molecular formula is C21H29FN4O2. The maximum absolute atomic E-state index is 13.0. The van der Waals surface area contributed by atoms with Crippen molar-refractivity contribution >= 4 is 17.5 Å². The summed E-state index contributed by atoms with van der Waals surface area (Å²) in [6.07, 6.45) is 5.46. The Hall–Kier alpha value is -2.70. The number of hydrogen-bond acceptors (Lipinski definition) is 3. The molecule has 0 saturated heterocycles. The number of amides is 2. The van der Waals surface area contributed by atoms with Crippen LogP contribution in [0, 0.1) is 17.2 Å². The first-order valence-electron chi connectivity index (χ1n) is 9.65. The quantitative estimate of drug-likeness (QED) is 0.726. The summed E-state index contributed by atoms with van der Waals surface area (Å²) in [5.74, 6) is -0.466. The van der Waals surface area contributed by atoms with Gasteiger partial charge in [0.15, 0.2) is 0 Å². The third-order valence-electron chi connectivity index (χ3n) is 5.51. The van der Waals surface area contributed by atoms with Crippen LogP contribution in [0.2, 0.25) is 0 Å². The molecular weight excluding hydrogens is 359 g/mol. The van der Waals surface area contributed by atoms with Gasteiger partial charge in [-0.2, -0.15) is 5.10 Å². The lowest BCUT2D eigenvalue weighted by atomic mass is 9.71. The number of carbonyl (C=O) groups is 2. The lowest BCUT2D eigenvalue weighted by Gasteiger charge is -2.37. The molecule has 2 amide bonds. The number of nitrogens with zero attached hydrogens (tertiary/aromatic N) is 1. The van der Waals surface area contributed by atoms with Crippen LogP contribution in [0.5, 0.6) is 0 Å². The molecule has 0 atom stereocenters. The maximum atomic E-state index is 13.0. The summed E-state index contributed by atoms with van der Waals surface area (Å²) in [6.45, 7) is 6.78. The molecule has 0 unspecified atom stereocenters. The van der Waals surface area contributed by atoms with Crippen LogP contribution in [0.1, 0.15) is 68.7 Å². The molecule has 3 N–H and O–H groups in total. The molecule has 0 aliphatic heterocycles. The molecule has 1 aromatic heterocycles. The fraction of sp³-hybridized carbons (Fsp3) is 0.476. The van der Waals surface area contributed by atoms with E-state index in [1.54, 1.807) is 0 Å². The molecule has 1 fully saturated rings. The molecule has 1 saturated carbocycles. The molecule has 152 valence electrons. The smallest absolute Gasteiger partial charge is 0.271 e. The minimum Gasteiger partial charge on any atom is -0.348 e. The van der Waals surface area contributed by atoms with Gasteiger partial charge in [0.1, 0.15) is 11.5 Å². The van der Waals surface area contributed by atoms with Crippen LogP contribution in [0.3, 0.4) is 0 Å². The summed E-state index contributed by atoms with van der Waals surface area (Å²) < 4.78 is 13.0. The second kappa shape index (κ2) is 8.12. The zero-order valence-electron chi connectivity index (χ0n) is 16.5. The maximum Gasteiger partial charge on any atom is 0.271 e. The molecule has 0 spiro atoms. The zero-order valence-corrected chi connectivity index (χ0v) is 16.5. The van der Waals surface area contributed by atoms with Gasteiger partial charge in [-0.1, -0.05) is 20.8 Å². The van der Waals surface area contributed by atoms with Crippen LogP contribution in [-0.4, -0.2) is 28.1 Å². The Kier molecular flexibility index (Phi) is 5.82. The highest BCUT2D eigenvalue weighted by atomic mass is 19.1. The van der Waals surface area contributed by atoms with Gasteiger partial charge in [-0.15, -0.1) is 0 Å². The molecule has 1 aromatic carbocycles. The summed E-state index contributed by atoms with van der Waals surface area (Å²) in [5.41, 5.74) is 1.11. The topological polar surface area (TPSA) is 86.9 Å². The fourth-order valence-electron chi connectivity index (χ4n) is 3.71. The summed E-state index contributed by atoms with van der Waals surface area (Å²) in [5, 5.41) is 12.2. The number of hydrogen-bond donors (Lipinski definition) is 3. The average Bonchev–Trinajstić information content (AvgIpc) is 3.10. The van der Waals surface area contributed by atoms with Gasteiger partial charge >= 0.3 is 0 Å². The predicted molar refractivity (Wildman–Crippen MR) is 108 cm³/mol. The minimum atomic E-state index is -0.430. The first-order valence-corrected chi connectivity index (χ1v) is 9.65. The highest BCUT2D eigenvalue weighted by Crippen LogP contribution is 2.37. The summed E-state index contributed by atoms with van der Waals surface area (Å²) in [4.78, 5) is 25.0. The van der Waals surface area contributed by atoms with E-state index in [0.29, 0.717) is 17.2 Å². The van der Waals surface area contributed by atoms with Crippen molar-refractivity contribution in [2.24, 2.45) is 11.3 Å². The van der Waals surface area contributed by atoms with Crippen molar-refractivity contribution in [3.63, 3.8) is 0 Å². The van der Waals surface area contributed by atoms with Gasteiger partial charge in [0, 0.05) is 13.0 Å². The molecule has 7 heteroatoms. The molecule has 2 aromatic rings. The summed E-state index contributed by atoms with van der Waals surface area (Å²) in [7, 11) is 0. The van der Waals surface area contributed by atoms with Crippen molar-refractivity contribution in [3.8, 4) is 0 Å². The van der Waals surface area contributed by atoms with E-state index < -0.39 is 11.7 Å². The molecule has 1 heterocycles. The van der Waals surface area contributed by atoms with Crippen LogP contribution < -0.4 is 10.6 Å². The third kappa shape index (κ3) is 4.77. The Labute approximate surface area is 165 Å². The van der Waals surface area contributed by atoms with E-state index in [4.69, 9.17) is 0 Å². The number of nitrogens with one attached hydrogen (secondary N) is 3. The van der Waals surface area contributed by atoms with Crippen LogP contribution >= 0.6 is 0 Å². The van der Waals surface area contributed by atoms with Crippen LogP contribution in [-0.2, 0) is 0 Å². The van der Waals surface area contributed by atoms with Crippen molar-refractivity contribution in [3.05, 3.63) is 47.5 Å². The molecule has 0 bridgehead atoms. The van der Waals surface area contributed by atoms with Gasteiger partial charge in [-0.05, 0) is 61.3 Å². The van der Waals surface area contributed by atoms with Crippen molar-refractivity contribution in [1.29, 1.82) is 0 Å². The monoisotopic (exact) mass is 388 g/mol. The van der Waals surface area contributed by atoms with Crippen molar-refractivity contribution in [2.45, 2.75) is 52.5 Å². The molecule has 6 nitrogen and oxygen atoms in total. The van der Waals surface area contributed by atoms with E-state index in [1.165, 1.54) is 30.5 Å². The Balaban J connectivity index is 0.00000300. The van der Waals surface area contributed by atoms with E-state index in [9.17, 15) is 14.0 Å². The highest BCUT2D eigenvalue weighted by Gasteiger charge is 2.30. The highest BCUT2D eigenvalue weighted by molar-refractivity contribution is 6.08. The normalized spacial score (nSPS) is 19.9. The Morgan fingerprint density at radius 3 is 2.36 bits per heavy atom. The first-order chi connectivity index (χ1) is 13.2. The predicted octanol–water partition coefficient (Wildman–Crippen LogP) is 4.38. The number of anilines is 1. The number of aromatic amines is 1. The Morgan fingerprint density at radius 2 is 1.75 bits per heavy atom. The number of carbonyl (C=O) groups excluding carboxylic acids is 2. The van der Waals surface area contributed by atoms with E-state index in [2.05, 4.69) is 41.6 Å². The zero-order chi connectivity index (χ0) is 20.3. The van der Waals surface area contributed by atoms with E-state index >= 15 is 0 Å². The number of aromatic nitrogens is 2. The molecule has 0 radical (unpaired) electrons. The van der Waals surface area contributed by atoms with Crippen LogP contribution in [0.15, 0.2) is 30.5 Å². The SMILES string of the molecule is CC(C)(C)C1CCC(NC(=O)c2[nH]ncc2NC(=O)c2ccc(F)cc2)CC1.[HH]. The van der Waals surface area contributed by atoms with Gasteiger partial charge in [-0.25, -0.2) is 4.39 Å². The standard InChI is InChI=1S/C21H27FN4O2.H2/c1-21(2,3)14-6-10-16(11-7-14)24-20(28)18-17(12-23-26-18)25-19(27)13-4-8-15(22)9-5-13;/h4-5,8-9,12,14,16H,6-7,10-11H2,1-3H3,(H,23,26)(H,24,28)(H,25,27);1H. The van der Waals surface area contributed by atoms with Gasteiger partial charge in [0.2, 0.25) is 0 Å². The number of halogens is 1. The molecule has 1 aliphatic rings. The van der Waals surface area contributed by atoms with Crippen molar-refractivity contribution in [1.82, 2.24) is 15.5 Å². The van der Waals surface area contributed by atoms with E-state index in [0.717, 1.165) is 25.7 Å². The Morgan fingerprint density at radius 1 is 1.11 bits per heavy atom. The number of H-pyrrole nitrogens is 1. The molecule has 3 rings (SSSR count). The largest absolute Gasteiger partial charge is 0.348 e. The molecule has 28 heavy (non-hydrogen) atoms. The summed E-state index contributed by atoms with van der Waals surface area (Å²) in [6, 6.07) is 5.32. The van der Waals surface area contributed by atoms with Gasteiger partial charge in [0.05, 0.1) is 11.9 Å². The average molecular weight is 388 g/mol. The lowest BCUT2D eigenvalue weighted by Crippen LogP contribution is -2.39. The summed E-state index contributed by atoms with van der Waals surface area (Å²) >= 11 is 0. The fourth-order valence-corrected chi connectivity index (χ4v) is 3.71. The lowest BCUT2D eigenvalue weighted by molar-refractivity contribution is 0.0900. The van der Waals surface area contributed by atoms with E-state index in [-0.39, 0.29) is 24.5 Å². The van der Waals surface area contributed by atoms with Crippen molar-refractivity contribution < 1.29 is 15.4 Å². The Bertz CT molecular complexity index is 837. The molecule has 1 aliphatic carbocycles. The first kappa shape index (κ1) is 20.0. The minimum absolute atomic E-state index is 0. The van der Waals surface area contributed by atoms with Crippen LogP contribution in [0.4, 0.5) is 10.1 Å². The van der Waals surface area contributed by atoms with Gasteiger partial charge in [-0.3, -0.25) is 14.7 Å². The number of benzene rings is 1.